The zero-order valence-corrected chi connectivity index (χ0v) is 7.21. The maximum Gasteiger partial charge on any atom is 0.254 e. The van der Waals surface area contributed by atoms with Crippen LogP contribution in [0, 0.1) is 5.41 Å². The van der Waals surface area contributed by atoms with Gasteiger partial charge in [-0.15, -0.1) is 0 Å². The molecule has 1 saturated carbocycles. The fourth-order valence-corrected chi connectivity index (χ4v) is 2.53. The summed E-state index contributed by atoms with van der Waals surface area (Å²) in [6.07, 6.45) is 3.17. The molecule has 1 atom stereocenters. The lowest BCUT2D eigenvalue weighted by molar-refractivity contribution is -0.140. The third-order valence-electron chi connectivity index (χ3n) is 3.42. The maximum atomic E-state index is 13.5. The van der Waals surface area contributed by atoms with Crippen molar-refractivity contribution in [2.75, 3.05) is 13.1 Å². The number of rotatable bonds is 0. The second-order valence-corrected chi connectivity index (χ2v) is 4.12. The molecule has 70 valence electrons. The third-order valence-corrected chi connectivity index (χ3v) is 3.42. The maximum absolute atomic E-state index is 13.5. The average Bonchev–Trinajstić information content (AvgIpc) is 2.46. The van der Waals surface area contributed by atoms with Gasteiger partial charge in [0.05, 0.1) is 0 Å². The molecule has 3 heteroatoms. The monoisotopic (exact) mass is 175 g/mol. The van der Waals surface area contributed by atoms with Crippen molar-refractivity contribution in [3.63, 3.8) is 0 Å². The molecule has 12 heavy (non-hydrogen) atoms. The smallest absolute Gasteiger partial charge is 0.254 e. The largest absolute Gasteiger partial charge is 0.316 e. The summed E-state index contributed by atoms with van der Waals surface area (Å²) in [5.41, 5.74) is -0.675. The van der Waals surface area contributed by atoms with Crippen molar-refractivity contribution in [3.8, 4) is 0 Å². The summed E-state index contributed by atoms with van der Waals surface area (Å²) in [7, 11) is 0. The highest BCUT2D eigenvalue weighted by Crippen LogP contribution is 2.51. The Morgan fingerprint density at radius 2 is 1.75 bits per heavy atom. The molecule has 1 heterocycles. The fraction of sp³-hybridized carbons (Fsp3) is 1.00. The third kappa shape index (κ3) is 1.06. The van der Waals surface area contributed by atoms with E-state index in [1.165, 1.54) is 0 Å². The van der Waals surface area contributed by atoms with Crippen molar-refractivity contribution in [3.05, 3.63) is 0 Å². The molecule has 0 aromatic carbocycles. The first-order valence-electron chi connectivity index (χ1n) is 4.75. The first-order valence-corrected chi connectivity index (χ1v) is 4.75. The summed E-state index contributed by atoms with van der Waals surface area (Å²) in [6, 6.07) is 0. The molecule has 0 amide bonds. The van der Waals surface area contributed by atoms with E-state index in [0.29, 0.717) is 25.8 Å². The molecular formula is C9H15F2N. The summed E-state index contributed by atoms with van der Waals surface area (Å²) in [6.45, 7) is 1.30. The minimum atomic E-state index is -2.41. The van der Waals surface area contributed by atoms with Crippen LogP contribution in [0.25, 0.3) is 0 Å². The van der Waals surface area contributed by atoms with E-state index < -0.39 is 11.3 Å². The van der Waals surface area contributed by atoms with Gasteiger partial charge >= 0.3 is 0 Å². The minimum absolute atomic E-state index is 0.106. The molecule has 1 nitrogen and oxygen atoms in total. The van der Waals surface area contributed by atoms with Gasteiger partial charge in [0.15, 0.2) is 0 Å². The lowest BCUT2D eigenvalue weighted by Crippen LogP contribution is -2.45. The van der Waals surface area contributed by atoms with Crippen LogP contribution in [0.1, 0.15) is 32.1 Å². The first-order chi connectivity index (χ1) is 5.66. The lowest BCUT2D eigenvalue weighted by Gasteiger charge is -2.40. The van der Waals surface area contributed by atoms with Crippen molar-refractivity contribution in [1.29, 1.82) is 0 Å². The predicted octanol–water partition coefficient (Wildman–Crippen LogP) is 2.18. The van der Waals surface area contributed by atoms with Crippen LogP contribution in [0.5, 0.6) is 0 Å². The summed E-state index contributed by atoms with van der Waals surface area (Å²) in [5, 5.41) is 3.06. The van der Waals surface area contributed by atoms with Crippen LogP contribution in [0.2, 0.25) is 0 Å². The van der Waals surface area contributed by atoms with Gasteiger partial charge in [-0.1, -0.05) is 6.42 Å². The molecular weight excluding hydrogens is 160 g/mol. The van der Waals surface area contributed by atoms with Gasteiger partial charge in [0.25, 0.3) is 5.92 Å². The Bertz CT molecular complexity index is 173. The van der Waals surface area contributed by atoms with Crippen molar-refractivity contribution in [2.45, 2.75) is 38.0 Å². The quantitative estimate of drug-likeness (QED) is 0.595. The summed E-state index contributed by atoms with van der Waals surface area (Å²) >= 11 is 0. The molecule has 1 aliphatic heterocycles. The van der Waals surface area contributed by atoms with Crippen LogP contribution in [0.3, 0.4) is 0 Å². The van der Waals surface area contributed by atoms with Gasteiger partial charge in [-0.25, -0.2) is 8.78 Å². The SMILES string of the molecule is FC1(F)CCCCC12CCNC2. The molecule has 1 spiro atoms. The van der Waals surface area contributed by atoms with Crippen molar-refractivity contribution in [1.82, 2.24) is 5.32 Å². The van der Waals surface area contributed by atoms with Crippen LogP contribution < -0.4 is 5.32 Å². The zero-order valence-electron chi connectivity index (χ0n) is 7.21. The van der Waals surface area contributed by atoms with E-state index in [-0.39, 0.29) is 6.42 Å². The molecule has 1 aliphatic carbocycles. The molecule has 0 bridgehead atoms. The second-order valence-electron chi connectivity index (χ2n) is 4.12. The average molecular weight is 175 g/mol. The summed E-state index contributed by atoms with van der Waals surface area (Å²) in [5.74, 6) is -2.41. The molecule has 2 rings (SSSR count). The van der Waals surface area contributed by atoms with Crippen molar-refractivity contribution < 1.29 is 8.78 Å². The van der Waals surface area contributed by atoms with Gasteiger partial charge < -0.3 is 5.32 Å². The molecule has 0 aromatic rings. The standard InChI is InChI=1S/C9H15F2N/c10-9(11)4-2-1-3-8(9)5-6-12-7-8/h12H,1-7H2. The van der Waals surface area contributed by atoms with Crippen LogP contribution in [0.4, 0.5) is 8.78 Å². The van der Waals surface area contributed by atoms with Crippen LogP contribution in [-0.4, -0.2) is 19.0 Å². The highest BCUT2D eigenvalue weighted by atomic mass is 19.3. The number of alkyl halides is 2. The van der Waals surface area contributed by atoms with E-state index in [4.69, 9.17) is 0 Å². The predicted molar refractivity (Wildman–Crippen MR) is 43.3 cm³/mol. The topological polar surface area (TPSA) is 12.0 Å². The number of hydrogen-bond acceptors (Lipinski definition) is 1. The van der Waals surface area contributed by atoms with Gasteiger partial charge in [0.2, 0.25) is 0 Å². The van der Waals surface area contributed by atoms with Gasteiger partial charge in [-0.2, -0.15) is 0 Å². The molecule has 2 fully saturated rings. The van der Waals surface area contributed by atoms with E-state index in [1.54, 1.807) is 0 Å². The van der Waals surface area contributed by atoms with Crippen LogP contribution in [0.15, 0.2) is 0 Å². The number of hydrogen-bond donors (Lipinski definition) is 1. The normalized spacial score (nSPS) is 40.5. The highest BCUT2D eigenvalue weighted by molar-refractivity contribution is 5.00. The Morgan fingerprint density at radius 3 is 2.33 bits per heavy atom. The van der Waals surface area contributed by atoms with Crippen molar-refractivity contribution in [2.24, 2.45) is 5.41 Å². The Kier molecular flexibility index (Phi) is 1.86. The molecule has 1 saturated heterocycles. The van der Waals surface area contributed by atoms with Crippen molar-refractivity contribution >= 4 is 0 Å². The first kappa shape index (κ1) is 8.42. The molecule has 1 N–H and O–H groups in total. The number of halogens is 2. The second kappa shape index (κ2) is 2.66. The van der Waals surface area contributed by atoms with E-state index in [0.717, 1.165) is 13.0 Å². The summed E-state index contributed by atoms with van der Waals surface area (Å²) < 4.78 is 27.0. The van der Waals surface area contributed by atoms with Crippen LogP contribution in [-0.2, 0) is 0 Å². The van der Waals surface area contributed by atoms with E-state index in [9.17, 15) is 8.78 Å². The fourth-order valence-electron chi connectivity index (χ4n) is 2.53. The zero-order chi connectivity index (χ0) is 8.66. The highest BCUT2D eigenvalue weighted by Gasteiger charge is 2.55. The lowest BCUT2D eigenvalue weighted by atomic mass is 9.70. The van der Waals surface area contributed by atoms with E-state index >= 15 is 0 Å². The molecule has 0 aromatic heterocycles. The van der Waals surface area contributed by atoms with Crippen LogP contribution >= 0.6 is 0 Å². The Labute approximate surface area is 71.5 Å². The Morgan fingerprint density at radius 1 is 1.00 bits per heavy atom. The minimum Gasteiger partial charge on any atom is -0.316 e. The Hall–Kier alpha value is -0.180. The summed E-state index contributed by atoms with van der Waals surface area (Å²) in [4.78, 5) is 0. The molecule has 2 aliphatic rings. The van der Waals surface area contributed by atoms with Gasteiger partial charge in [-0.3, -0.25) is 0 Å². The molecule has 1 unspecified atom stereocenters. The van der Waals surface area contributed by atoms with Gasteiger partial charge in [0, 0.05) is 18.4 Å². The van der Waals surface area contributed by atoms with E-state index in [2.05, 4.69) is 5.32 Å². The Balaban J connectivity index is 2.19. The van der Waals surface area contributed by atoms with E-state index in [1.807, 2.05) is 0 Å². The number of nitrogens with one attached hydrogen (secondary N) is 1. The van der Waals surface area contributed by atoms with Gasteiger partial charge in [-0.05, 0) is 25.8 Å². The molecule has 0 radical (unpaired) electrons. The van der Waals surface area contributed by atoms with Gasteiger partial charge in [0.1, 0.15) is 0 Å².